The number of nitrogens with one attached hydrogen (secondary N) is 1. The van der Waals surface area contributed by atoms with Crippen molar-refractivity contribution in [3.8, 4) is 11.5 Å². The minimum atomic E-state index is -3.70. The number of carbonyl (C=O) groups is 1. The Morgan fingerprint density at radius 2 is 1.79 bits per heavy atom. The van der Waals surface area contributed by atoms with Gasteiger partial charge in [-0.3, -0.25) is 9.10 Å². The molecule has 1 atom stereocenters. The van der Waals surface area contributed by atoms with Crippen molar-refractivity contribution in [2.75, 3.05) is 29.6 Å². The molecule has 0 unspecified atom stereocenters. The third kappa shape index (κ3) is 5.39. The predicted molar refractivity (Wildman–Crippen MR) is 111 cm³/mol. The molecule has 0 aromatic heterocycles. The number of hydrogen-bond acceptors (Lipinski definition) is 5. The van der Waals surface area contributed by atoms with Crippen molar-refractivity contribution in [2.24, 2.45) is 0 Å². The van der Waals surface area contributed by atoms with Crippen molar-refractivity contribution >= 4 is 27.3 Å². The number of carbonyl (C=O) groups excluding carboxylic acids is 1. The number of amides is 1. The van der Waals surface area contributed by atoms with Crippen LogP contribution in [0.1, 0.15) is 20.3 Å². The van der Waals surface area contributed by atoms with E-state index in [4.69, 9.17) is 9.47 Å². The Morgan fingerprint density at radius 3 is 2.32 bits per heavy atom. The first-order valence-corrected chi connectivity index (χ1v) is 10.8. The molecule has 7 nitrogen and oxygen atoms in total. The molecule has 0 radical (unpaired) electrons. The van der Waals surface area contributed by atoms with Crippen molar-refractivity contribution in [2.45, 2.75) is 26.3 Å². The average molecular weight is 407 g/mol. The number of methoxy groups -OCH3 is 1. The molecule has 152 valence electrons. The molecular weight excluding hydrogens is 380 g/mol. The van der Waals surface area contributed by atoms with E-state index in [0.29, 0.717) is 35.9 Å². The molecule has 0 bridgehead atoms. The quantitative estimate of drug-likeness (QED) is 0.691. The maximum absolute atomic E-state index is 12.9. The first-order valence-electron chi connectivity index (χ1n) is 8.97. The fourth-order valence-corrected chi connectivity index (χ4v) is 4.05. The van der Waals surface area contributed by atoms with Gasteiger partial charge in [0.15, 0.2) is 0 Å². The molecule has 1 amide bonds. The standard InChI is InChI=1S/C20H26N2O5S/c1-5-19(20(23)21-15-8-7-9-18(14-15)26-3)22(28(4,24)25)16-10-12-17(13-11-16)27-6-2/h7-14,19H,5-6H2,1-4H3,(H,21,23)/t19-/m0/s1. The number of benzene rings is 2. The highest BCUT2D eigenvalue weighted by Gasteiger charge is 2.31. The van der Waals surface area contributed by atoms with Gasteiger partial charge in [-0.05, 0) is 49.7 Å². The van der Waals surface area contributed by atoms with Crippen molar-refractivity contribution in [3.63, 3.8) is 0 Å². The molecule has 0 saturated carbocycles. The van der Waals surface area contributed by atoms with Crippen LogP contribution < -0.4 is 19.1 Å². The maximum Gasteiger partial charge on any atom is 0.248 e. The van der Waals surface area contributed by atoms with Crippen LogP contribution in [-0.2, 0) is 14.8 Å². The first kappa shape index (κ1) is 21.6. The second-order valence-corrected chi connectivity index (χ2v) is 7.99. The summed E-state index contributed by atoms with van der Waals surface area (Å²) in [6, 6.07) is 12.6. The van der Waals surface area contributed by atoms with E-state index >= 15 is 0 Å². The van der Waals surface area contributed by atoms with Crippen LogP contribution in [0.3, 0.4) is 0 Å². The fourth-order valence-electron chi connectivity index (χ4n) is 2.84. The molecular formula is C20H26N2O5S. The number of hydrogen-bond donors (Lipinski definition) is 1. The van der Waals surface area contributed by atoms with E-state index in [-0.39, 0.29) is 0 Å². The van der Waals surface area contributed by atoms with Crippen molar-refractivity contribution in [1.82, 2.24) is 0 Å². The molecule has 2 rings (SSSR count). The summed E-state index contributed by atoms with van der Waals surface area (Å²) in [5.41, 5.74) is 0.932. The summed E-state index contributed by atoms with van der Waals surface area (Å²) < 4.78 is 36.7. The van der Waals surface area contributed by atoms with Crippen LogP contribution in [-0.4, -0.2) is 40.3 Å². The van der Waals surface area contributed by atoms with Crippen LogP contribution >= 0.6 is 0 Å². The van der Waals surface area contributed by atoms with E-state index in [2.05, 4.69) is 5.32 Å². The van der Waals surface area contributed by atoms with E-state index in [1.807, 2.05) is 6.92 Å². The Bertz CT molecular complexity index is 897. The molecule has 2 aromatic rings. The molecule has 2 aromatic carbocycles. The second kappa shape index (κ2) is 9.45. The average Bonchev–Trinajstić information content (AvgIpc) is 2.66. The van der Waals surface area contributed by atoms with Crippen LogP contribution in [0.15, 0.2) is 48.5 Å². The Labute approximate surface area is 166 Å². The van der Waals surface area contributed by atoms with Crippen LogP contribution in [0.4, 0.5) is 11.4 Å². The zero-order valence-electron chi connectivity index (χ0n) is 16.5. The van der Waals surface area contributed by atoms with Gasteiger partial charge in [0.2, 0.25) is 15.9 Å². The maximum atomic E-state index is 12.9. The van der Waals surface area contributed by atoms with Gasteiger partial charge in [-0.2, -0.15) is 0 Å². The van der Waals surface area contributed by atoms with Crippen molar-refractivity contribution < 1.29 is 22.7 Å². The largest absolute Gasteiger partial charge is 0.497 e. The van der Waals surface area contributed by atoms with Gasteiger partial charge in [-0.1, -0.05) is 13.0 Å². The zero-order chi connectivity index (χ0) is 20.7. The van der Waals surface area contributed by atoms with Gasteiger partial charge in [0.05, 0.1) is 25.7 Å². The van der Waals surface area contributed by atoms with E-state index < -0.39 is 22.0 Å². The second-order valence-electron chi connectivity index (χ2n) is 6.13. The highest BCUT2D eigenvalue weighted by atomic mass is 32.2. The summed E-state index contributed by atoms with van der Waals surface area (Å²) in [4.78, 5) is 12.9. The summed E-state index contributed by atoms with van der Waals surface area (Å²) in [7, 11) is -2.16. The minimum Gasteiger partial charge on any atom is -0.497 e. The van der Waals surface area contributed by atoms with E-state index in [0.717, 1.165) is 10.6 Å². The Morgan fingerprint density at radius 1 is 1.11 bits per heavy atom. The van der Waals surface area contributed by atoms with Crippen LogP contribution in [0.2, 0.25) is 0 Å². The highest BCUT2D eigenvalue weighted by Crippen LogP contribution is 2.26. The van der Waals surface area contributed by atoms with Crippen LogP contribution in [0.25, 0.3) is 0 Å². The lowest BCUT2D eigenvalue weighted by molar-refractivity contribution is -0.117. The third-order valence-corrected chi connectivity index (χ3v) is 5.25. The number of nitrogens with zero attached hydrogens (tertiary/aromatic N) is 1. The molecule has 1 N–H and O–H groups in total. The summed E-state index contributed by atoms with van der Waals surface area (Å²) >= 11 is 0. The zero-order valence-corrected chi connectivity index (χ0v) is 17.3. The lowest BCUT2D eigenvalue weighted by Crippen LogP contribution is -2.47. The van der Waals surface area contributed by atoms with Gasteiger partial charge >= 0.3 is 0 Å². The van der Waals surface area contributed by atoms with Crippen LogP contribution in [0.5, 0.6) is 11.5 Å². The van der Waals surface area contributed by atoms with Gasteiger partial charge in [0.25, 0.3) is 0 Å². The van der Waals surface area contributed by atoms with Crippen molar-refractivity contribution in [1.29, 1.82) is 0 Å². The van der Waals surface area contributed by atoms with Gasteiger partial charge in [0, 0.05) is 11.8 Å². The molecule has 0 fully saturated rings. The molecule has 28 heavy (non-hydrogen) atoms. The molecule has 0 aliphatic rings. The van der Waals surface area contributed by atoms with Crippen molar-refractivity contribution in [3.05, 3.63) is 48.5 Å². The summed E-state index contributed by atoms with van der Waals surface area (Å²) in [5, 5.41) is 2.77. The fraction of sp³-hybridized carbons (Fsp3) is 0.350. The summed E-state index contributed by atoms with van der Waals surface area (Å²) in [6.07, 6.45) is 1.39. The molecule has 0 saturated heterocycles. The Kier molecular flexibility index (Phi) is 7.28. The number of ether oxygens (including phenoxy) is 2. The van der Waals surface area contributed by atoms with Gasteiger partial charge in [-0.15, -0.1) is 0 Å². The molecule has 8 heteroatoms. The van der Waals surface area contributed by atoms with E-state index in [1.165, 1.54) is 7.11 Å². The summed E-state index contributed by atoms with van der Waals surface area (Å²) in [6.45, 7) is 4.14. The lowest BCUT2D eigenvalue weighted by atomic mass is 10.1. The summed E-state index contributed by atoms with van der Waals surface area (Å²) in [5.74, 6) is 0.806. The highest BCUT2D eigenvalue weighted by molar-refractivity contribution is 7.92. The monoisotopic (exact) mass is 406 g/mol. The minimum absolute atomic E-state index is 0.302. The molecule has 0 aliphatic carbocycles. The smallest absolute Gasteiger partial charge is 0.248 e. The third-order valence-electron chi connectivity index (χ3n) is 4.07. The Balaban J connectivity index is 2.32. The lowest BCUT2D eigenvalue weighted by Gasteiger charge is -2.30. The number of rotatable bonds is 9. The van der Waals surface area contributed by atoms with Gasteiger partial charge in [0.1, 0.15) is 17.5 Å². The molecule has 0 aliphatic heterocycles. The van der Waals surface area contributed by atoms with E-state index in [9.17, 15) is 13.2 Å². The number of sulfonamides is 1. The number of anilines is 2. The van der Waals surface area contributed by atoms with Gasteiger partial charge < -0.3 is 14.8 Å². The molecule has 0 heterocycles. The predicted octanol–water partition coefficient (Wildman–Crippen LogP) is 3.28. The molecule has 0 spiro atoms. The normalized spacial score (nSPS) is 12.1. The van der Waals surface area contributed by atoms with Crippen LogP contribution in [0, 0.1) is 0 Å². The van der Waals surface area contributed by atoms with E-state index in [1.54, 1.807) is 55.5 Å². The topological polar surface area (TPSA) is 84.9 Å². The van der Waals surface area contributed by atoms with Gasteiger partial charge in [-0.25, -0.2) is 8.42 Å². The first-order chi connectivity index (χ1) is 13.3. The Hall–Kier alpha value is -2.74. The SMILES string of the molecule is CCOc1ccc(N([C@@H](CC)C(=O)Nc2cccc(OC)c2)S(C)(=O)=O)cc1.